The van der Waals surface area contributed by atoms with E-state index in [1.807, 2.05) is 0 Å². The molecule has 98 valence electrons. The van der Waals surface area contributed by atoms with Crippen LogP contribution in [0.25, 0.3) is 0 Å². The van der Waals surface area contributed by atoms with Crippen molar-refractivity contribution >= 4 is 40.4 Å². The number of thiocarbonyl (C=S) groups is 1. The lowest BCUT2D eigenvalue weighted by Gasteiger charge is -2.19. The van der Waals surface area contributed by atoms with Gasteiger partial charge in [0.25, 0.3) is 5.91 Å². The number of furan rings is 1. The highest BCUT2D eigenvalue weighted by Gasteiger charge is 2.19. The monoisotopic (exact) mass is 294 g/mol. The van der Waals surface area contributed by atoms with Crippen molar-refractivity contribution in [3.63, 3.8) is 0 Å². The molecule has 0 fully saturated rings. The maximum absolute atomic E-state index is 12.2. The summed E-state index contributed by atoms with van der Waals surface area (Å²) in [6, 6.07) is 10.2. The number of amides is 1. The van der Waals surface area contributed by atoms with E-state index in [1.165, 1.54) is 17.0 Å². The van der Waals surface area contributed by atoms with E-state index in [2.05, 4.69) is 0 Å². The van der Waals surface area contributed by atoms with Crippen LogP contribution in [-0.2, 0) is 0 Å². The van der Waals surface area contributed by atoms with Crippen molar-refractivity contribution in [1.82, 2.24) is 0 Å². The Kier molecular flexibility index (Phi) is 3.87. The smallest absolute Gasteiger partial charge is 0.293 e. The van der Waals surface area contributed by atoms with Crippen LogP contribution in [0.5, 0.6) is 0 Å². The highest BCUT2D eigenvalue weighted by atomic mass is 35.5. The van der Waals surface area contributed by atoms with Crippen LogP contribution in [0.3, 0.4) is 0 Å². The summed E-state index contributed by atoms with van der Waals surface area (Å²) in [4.78, 5) is 13.9. The van der Waals surface area contributed by atoms with Gasteiger partial charge in [0, 0.05) is 12.6 Å². The average Bonchev–Trinajstić information content (AvgIpc) is 2.83. The molecule has 0 aliphatic heterocycles. The summed E-state index contributed by atoms with van der Waals surface area (Å²) in [5, 5.41) is 0.166. The van der Waals surface area contributed by atoms with E-state index in [9.17, 15) is 4.79 Å². The molecular weight excluding hydrogens is 284 g/mol. The number of para-hydroxylation sites is 1. The Hall–Kier alpha value is -1.85. The van der Waals surface area contributed by atoms with Crippen molar-refractivity contribution in [2.45, 2.75) is 0 Å². The number of halogens is 1. The van der Waals surface area contributed by atoms with Crippen LogP contribution in [0.1, 0.15) is 16.1 Å². The van der Waals surface area contributed by atoms with Gasteiger partial charge in [0.2, 0.25) is 0 Å². The molecular formula is C13H11ClN2O2S. The molecule has 0 aliphatic rings. The van der Waals surface area contributed by atoms with Gasteiger partial charge in [-0.2, -0.15) is 0 Å². The summed E-state index contributed by atoms with van der Waals surface area (Å²) >= 11 is 10.6. The fourth-order valence-electron chi connectivity index (χ4n) is 1.68. The lowest BCUT2D eigenvalue weighted by Crippen LogP contribution is -2.28. The number of rotatable bonds is 3. The number of hydrogen-bond donors (Lipinski definition) is 1. The van der Waals surface area contributed by atoms with Crippen molar-refractivity contribution < 1.29 is 9.21 Å². The van der Waals surface area contributed by atoms with Crippen LogP contribution in [0.15, 0.2) is 40.8 Å². The predicted octanol–water partition coefficient (Wildman–Crippen LogP) is 2.84. The zero-order valence-corrected chi connectivity index (χ0v) is 11.7. The van der Waals surface area contributed by atoms with Gasteiger partial charge in [-0.3, -0.25) is 4.79 Å². The second kappa shape index (κ2) is 5.42. The molecule has 0 saturated carbocycles. The molecule has 4 nitrogen and oxygen atoms in total. The zero-order valence-electron chi connectivity index (χ0n) is 10.1. The molecule has 0 saturated heterocycles. The Balaban J connectivity index is 2.37. The molecule has 0 atom stereocenters. The Morgan fingerprint density at radius 2 is 2.00 bits per heavy atom. The first-order valence-electron chi connectivity index (χ1n) is 5.43. The maximum atomic E-state index is 12.2. The van der Waals surface area contributed by atoms with E-state index < -0.39 is 0 Å². The summed E-state index contributed by atoms with van der Waals surface area (Å²) in [5.74, 6) is -0.166. The first-order valence-corrected chi connectivity index (χ1v) is 6.21. The third kappa shape index (κ3) is 2.77. The molecule has 0 unspecified atom stereocenters. The van der Waals surface area contributed by atoms with Crippen molar-refractivity contribution in [3.05, 3.63) is 52.9 Å². The Morgan fingerprint density at radius 3 is 2.58 bits per heavy atom. The number of carbonyl (C=O) groups excluding carboxylic acids is 1. The Bertz CT molecular complexity index is 639. The first-order chi connectivity index (χ1) is 9.00. The summed E-state index contributed by atoms with van der Waals surface area (Å²) < 4.78 is 5.10. The van der Waals surface area contributed by atoms with Crippen LogP contribution < -0.4 is 10.6 Å². The van der Waals surface area contributed by atoms with E-state index in [0.717, 1.165) is 0 Å². The molecule has 2 rings (SSSR count). The van der Waals surface area contributed by atoms with E-state index >= 15 is 0 Å². The van der Waals surface area contributed by atoms with Crippen molar-refractivity contribution in [1.29, 1.82) is 0 Å². The topological polar surface area (TPSA) is 59.5 Å². The van der Waals surface area contributed by atoms with Gasteiger partial charge in [0.1, 0.15) is 4.99 Å². The first kappa shape index (κ1) is 13.6. The number of hydrogen-bond acceptors (Lipinski definition) is 3. The zero-order chi connectivity index (χ0) is 14.0. The molecule has 2 aromatic rings. The van der Waals surface area contributed by atoms with Gasteiger partial charge >= 0.3 is 0 Å². The maximum Gasteiger partial charge on any atom is 0.293 e. The fourth-order valence-corrected chi connectivity index (χ4v) is 2.00. The van der Waals surface area contributed by atoms with Gasteiger partial charge in [-0.15, -0.1) is 0 Å². The van der Waals surface area contributed by atoms with Gasteiger partial charge in [0.15, 0.2) is 11.0 Å². The third-order valence-electron chi connectivity index (χ3n) is 2.62. The molecule has 1 heterocycles. The second-order valence-corrected chi connectivity index (χ2v) is 4.66. The van der Waals surface area contributed by atoms with Crippen LogP contribution in [0.2, 0.25) is 5.22 Å². The van der Waals surface area contributed by atoms with Crippen LogP contribution in [0, 0.1) is 0 Å². The highest BCUT2D eigenvalue weighted by Crippen LogP contribution is 2.22. The lowest BCUT2D eigenvalue weighted by molar-refractivity contribution is 0.0966. The van der Waals surface area contributed by atoms with Crippen LogP contribution >= 0.6 is 23.8 Å². The molecule has 19 heavy (non-hydrogen) atoms. The van der Waals surface area contributed by atoms with Crippen molar-refractivity contribution in [3.8, 4) is 0 Å². The third-order valence-corrected chi connectivity index (χ3v) is 3.04. The SMILES string of the molecule is CN(C(=O)c1ccc(Cl)o1)c1ccccc1C(N)=S. The molecule has 1 aromatic carbocycles. The van der Waals surface area contributed by atoms with Gasteiger partial charge in [-0.05, 0) is 35.9 Å². The Labute approximate surface area is 120 Å². The van der Waals surface area contributed by atoms with Crippen molar-refractivity contribution in [2.75, 3.05) is 11.9 Å². The molecule has 0 spiro atoms. The highest BCUT2D eigenvalue weighted by molar-refractivity contribution is 7.80. The molecule has 1 aromatic heterocycles. The second-order valence-electron chi connectivity index (χ2n) is 3.85. The fraction of sp³-hybridized carbons (Fsp3) is 0.0769. The normalized spacial score (nSPS) is 10.2. The molecule has 6 heteroatoms. The number of nitrogens with two attached hydrogens (primary N) is 1. The minimum Gasteiger partial charge on any atom is -0.440 e. The lowest BCUT2D eigenvalue weighted by atomic mass is 10.1. The van der Waals surface area contributed by atoms with E-state index in [4.69, 9.17) is 34.0 Å². The predicted molar refractivity (Wildman–Crippen MR) is 78.8 cm³/mol. The summed E-state index contributed by atoms with van der Waals surface area (Å²) in [5.41, 5.74) is 6.89. The molecule has 0 aliphatic carbocycles. The minimum atomic E-state index is -0.324. The van der Waals surface area contributed by atoms with Crippen LogP contribution in [0.4, 0.5) is 5.69 Å². The molecule has 0 radical (unpaired) electrons. The number of anilines is 1. The Morgan fingerprint density at radius 1 is 1.32 bits per heavy atom. The molecule has 2 N–H and O–H groups in total. The largest absolute Gasteiger partial charge is 0.440 e. The average molecular weight is 295 g/mol. The summed E-state index contributed by atoms with van der Waals surface area (Å²) in [7, 11) is 1.62. The molecule has 0 bridgehead atoms. The van der Waals surface area contributed by atoms with Gasteiger partial charge < -0.3 is 15.1 Å². The van der Waals surface area contributed by atoms with E-state index in [1.54, 1.807) is 31.3 Å². The van der Waals surface area contributed by atoms with Crippen LogP contribution in [-0.4, -0.2) is 17.9 Å². The number of nitrogens with zero attached hydrogens (tertiary/aromatic N) is 1. The van der Waals surface area contributed by atoms with E-state index in [-0.39, 0.29) is 21.9 Å². The van der Waals surface area contributed by atoms with Gasteiger partial charge in [0.05, 0.1) is 5.69 Å². The standard InChI is InChI=1S/C13H11ClN2O2S/c1-16(13(17)10-6-7-11(14)18-10)9-5-3-2-4-8(9)12(15)19/h2-7H,1H3,(H2,15,19). The summed E-state index contributed by atoms with van der Waals surface area (Å²) in [6.45, 7) is 0. The number of carbonyl (C=O) groups is 1. The van der Waals surface area contributed by atoms with Gasteiger partial charge in [-0.1, -0.05) is 24.4 Å². The molecule has 1 amide bonds. The quantitative estimate of drug-likeness (QED) is 0.884. The summed E-state index contributed by atoms with van der Waals surface area (Å²) in [6.07, 6.45) is 0. The minimum absolute atomic E-state index is 0.158. The number of benzene rings is 1. The van der Waals surface area contributed by atoms with E-state index in [0.29, 0.717) is 11.3 Å². The van der Waals surface area contributed by atoms with Gasteiger partial charge in [-0.25, -0.2) is 0 Å². The van der Waals surface area contributed by atoms with Crippen molar-refractivity contribution in [2.24, 2.45) is 5.73 Å².